The third-order valence-electron chi connectivity index (χ3n) is 9.29. The Balaban J connectivity index is 3.47. The molecule has 0 aliphatic carbocycles. The number of likely N-dealkylation sites (N-methyl/N-ethyl adjacent to an activating group) is 2. The van der Waals surface area contributed by atoms with Crippen molar-refractivity contribution in [1.82, 2.24) is 0 Å². The quantitative estimate of drug-likeness (QED) is 0.0534. The van der Waals surface area contributed by atoms with Crippen LogP contribution in [0.2, 0.25) is 0 Å². The van der Waals surface area contributed by atoms with Crippen LogP contribution in [0.1, 0.15) is 168 Å². The summed E-state index contributed by atoms with van der Waals surface area (Å²) in [6.45, 7) is 12.5. The molecule has 4 heteroatoms. The molecule has 0 fully saturated rings. The number of rotatable bonds is 35. The van der Waals surface area contributed by atoms with Gasteiger partial charge in [-0.3, -0.25) is 0 Å². The Kier molecular flexibility index (Phi) is 30.7. The van der Waals surface area contributed by atoms with Crippen LogP contribution in [0, 0.1) is 0 Å². The van der Waals surface area contributed by atoms with Gasteiger partial charge in [-0.25, -0.2) is 0 Å². The van der Waals surface area contributed by atoms with Gasteiger partial charge >= 0.3 is 0 Å². The molecule has 0 aliphatic heterocycles. The molecule has 4 nitrogen and oxygen atoms in total. The normalized spacial score (nSPS) is 12.4. The minimum atomic E-state index is 0.727. The first-order valence-electron chi connectivity index (χ1n) is 19.1. The Morgan fingerprint density at radius 1 is 0.286 bits per heavy atom. The first kappa shape index (κ1) is 41.8. The number of quaternary nitrogens is 2. The number of ether oxygens (including phenoxy) is 2. The lowest BCUT2D eigenvalue weighted by Crippen LogP contribution is -2.43. The second-order valence-electron chi connectivity index (χ2n) is 14.8. The van der Waals surface area contributed by atoms with Gasteiger partial charge in [0.25, 0.3) is 0 Å². The van der Waals surface area contributed by atoms with Crippen molar-refractivity contribution in [3.63, 3.8) is 0 Å². The largest absolute Gasteiger partial charge is 0.373 e. The monoisotopic (exact) mass is 599 g/mol. The number of unbranched alkanes of at least 4 members (excludes halogenated alkanes) is 22. The first-order chi connectivity index (χ1) is 20.3. The van der Waals surface area contributed by atoms with E-state index in [4.69, 9.17) is 9.47 Å². The fourth-order valence-corrected chi connectivity index (χ4v) is 5.93. The van der Waals surface area contributed by atoms with Gasteiger partial charge in [-0.05, 0) is 25.7 Å². The summed E-state index contributed by atoms with van der Waals surface area (Å²) >= 11 is 0. The van der Waals surface area contributed by atoms with Crippen molar-refractivity contribution in [3.8, 4) is 0 Å². The Labute approximate surface area is 266 Å². The molecule has 42 heavy (non-hydrogen) atoms. The van der Waals surface area contributed by atoms with Gasteiger partial charge in [0, 0.05) is 0 Å². The van der Waals surface area contributed by atoms with Crippen LogP contribution < -0.4 is 0 Å². The fourth-order valence-electron chi connectivity index (χ4n) is 5.93. The van der Waals surface area contributed by atoms with Crippen LogP contribution in [-0.4, -0.2) is 89.8 Å². The van der Waals surface area contributed by atoms with E-state index in [0.29, 0.717) is 0 Å². The van der Waals surface area contributed by atoms with Crippen LogP contribution >= 0.6 is 0 Å². The van der Waals surface area contributed by atoms with E-state index in [2.05, 4.69) is 42.0 Å². The van der Waals surface area contributed by atoms with E-state index in [9.17, 15) is 0 Å². The standard InChI is InChI=1S/C38H82N2O2/c1-7-9-11-13-15-17-19-21-23-25-27-29-31-39(3,4)33-35-41-37-38-42-36-34-40(5,6)32-30-28-26-24-22-20-18-16-14-12-10-8-2/h7-38H2,1-6H3/q+2. The topological polar surface area (TPSA) is 18.5 Å². The average Bonchev–Trinajstić information content (AvgIpc) is 2.95. The van der Waals surface area contributed by atoms with Crippen LogP contribution in [0.25, 0.3) is 0 Å². The zero-order valence-corrected chi connectivity index (χ0v) is 30.3. The highest BCUT2D eigenvalue weighted by atomic mass is 16.5. The average molecular weight is 599 g/mol. The molecule has 0 saturated carbocycles. The second kappa shape index (κ2) is 30.8. The zero-order valence-electron chi connectivity index (χ0n) is 30.3. The van der Waals surface area contributed by atoms with Crippen molar-refractivity contribution in [3.05, 3.63) is 0 Å². The minimum absolute atomic E-state index is 0.727. The molecule has 0 spiro atoms. The van der Waals surface area contributed by atoms with Crippen molar-refractivity contribution in [1.29, 1.82) is 0 Å². The van der Waals surface area contributed by atoms with Gasteiger partial charge in [0.1, 0.15) is 13.1 Å². The molecular formula is C38H82N2O2+2. The first-order valence-corrected chi connectivity index (χ1v) is 19.1. The molecule has 254 valence electrons. The van der Waals surface area contributed by atoms with Crippen LogP contribution in [0.15, 0.2) is 0 Å². The highest BCUT2D eigenvalue weighted by Crippen LogP contribution is 2.14. The molecule has 0 aromatic rings. The van der Waals surface area contributed by atoms with Crippen LogP contribution in [0.5, 0.6) is 0 Å². The predicted molar refractivity (Wildman–Crippen MR) is 187 cm³/mol. The molecule has 0 bridgehead atoms. The summed E-state index contributed by atoms with van der Waals surface area (Å²) in [4.78, 5) is 0. The summed E-state index contributed by atoms with van der Waals surface area (Å²) in [7, 11) is 9.42. The van der Waals surface area contributed by atoms with E-state index in [-0.39, 0.29) is 0 Å². The lowest BCUT2D eigenvalue weighted by Gasteiger charge is -2.30. The van der Waals surface area contributed by atoms with Gasteiger partial charge in [-0.15, -0.1) is 0 Å². The zero-order chi connectivity index (χ0) is 31.0. The summed E-state index contributed by atoms with van der Waals surface area (Å²) < 4.78 is 14.0. The molecule has 0 rings (SSSR count). The Morgan fingerprint density at radius 3 is 0.786 bits per heavy atom. The Morgan fingerprint density at radius 2 is 0.524 bits per heavy atom. The predicted octanol–water partition coefficient (Wildman–Crippen LogP) is 10.6. The van der Waals surface area contributed by atoms with Crippen LogP contribution in [0.3, 0.4) is 0 Å². The van der Waals surface area contributed by atoms with Crippen LogP contribution in [0.4, 0.5) is 0 Å². The van der Waals surface area contributed by atoms with E-state index < -0.39 is 0 Å². The lowest BCUT2D eigenvalue weighted by atomic mass is 10.1. The molecule has 0 radical (unpaired) electrons. The van der Waals surface area contributed by atoms with Crippen molar-refractivity contribution >= 4 is 0 Å². The summed E-state index contributed by atoms with van der Waals surface area (Å²) in [6, 6.07) is 0. The van der Waals surface area contributed by atoms with Crippen molar-refractivity contribution in [2.75, 3.05) is 80.8 Å². The maximum Gasteiger partial charge on any atom is 0.102 e. The molecular weight excluding hydrogens is 516 g/mol. The van der Waals surface area contributed by atoms with E-state index >= 15 is 0 Å². The van der Waals surface area contributed by atoms with E-state index in [1.54, 1.807) is 0 Å². The molecule has 0 amide bonds. The highest BCUT2D eigenvalue weighted by molar-refractivity contribution is 4.50. The fraction of sp³-hybridized carbons (Fsp3) is 1.00. The molecule has 0 aromatic heterocycles. The van der Waals surface area contributed by atoms with E-state index in [0.717, 1.165) is 48.5 Å². The summed E-state index contributed by atoms with van der Waals surface area (Å²) in [5, 5.41) is 0. The van der Waals surface area contributed by atoms with Crippen molar-refractivity contribution in [2.45, 2.75) is 168 Å². The molecule has 0 atom stereocenters. The van der Waals surface area contributed by atoms with Crippen LogP contribution in [-0.2, 0) is 9.47 Å². The van der Waals surface area contributed by atoms with Gasteiger partial charge in [-0.1, -0.05) is 142 Å². The van der Waals surface area contributed by atoms with Gasteiger partial charge in [-0.2, -0.15) is 0 Å². The Hall–Kier alpha value is -0.160. The smallest absolute Gasteiger partial charge is 0.102 e. The SMILES string of the molecule is CCCCCCCCCCCCCC[N+](C)(C)CCOCCOCC[N+](C)(C)CCCCCCCCCCCCCC. The minimum Gasteiger partial charge on any atom is -0.373 e. The van der Waals surface area contributed by atoms with Gasteiger partial charge in [0.15, 0.2) is 0 Å². The molecule has 0 N–H and O–H groups in total. The molecule has 0 aromatic carbocycles. The second-order valence-corrected chi connectivity index (χ2v) is 14.8. The van der Waals surface area contributed by atoms with E-state index in [1.165, 1.54) is 167 Å². The summed E-state index contributed by atoms with van der Waals surface area (Å²) in [5.41, 5.74) is 0. The maximum absolute atomic E-state index is 5.92. The third-order valence-corrected chi connectivity index (χ3v) is 9.29. The number of nitrogens with zero attached hydrogens (tertiary/aromatic N) is 2. The van der Waals surface area contributed by atoms with Crippen molar-refractivity contribution < 1.29 is 18.4 Å². The highest BCUT2D eigenvalue weighted by Gasteiger charge is 2.15. The van der Waals surface area contributed by atoms with Gasteiger partial charge in [0.05, 0.1) is 67.7 Å². The Bertz CT molecular complexity index is 477. The third kappa shape index (κ3) is 32.7. The number of hydrogen-bond donors (Lipinski definition) is 0. The maximum atomic E-state index is 5.92. The van der Waals surface area contributed by atoms with Gasteiger partial charge in [0.2, 0.25) is 0 Å². The lowest BCUT2D eigenvalue weighted by molar-refractivity contribution is -0.891. The van der Waals surface area contributed by atoms with Gasteiger partial charge < -0.3 is 18.4 Å². The summed E-state index contributed by atoms with van der Waals surface area (Å²) in [6.07, 6.45) is 34.1. The summed E-state index contributed by atoms with van der Waals surface area (Å²) in [5.74, 6) is 0. The van der Waals surface area contributed by atoms with E-state index in [1.807, 2.05) is 0 Å². The molecule has 0 aliphatic rings. The number of hydrogen-bond acceptors (Lipinski definition) is 2. The van der Waals surface area contributed by atoms with Crippen molar-refractivity contribution in [2.24, 2.45) is 0 Å². The molecule has 0 saturated heterocycles. The molecule has 0 unspecified atom stereocenters. The molecule has 0 heterocycles.